The van der Waals surface area contributed by atoms with Crippen LogP contribution in [-0.2, 0) is 11.3 Å². The molecule has 3 rings (SSSR count). The lowest BCUT2D eigenvalue weighted by Crippen LogP contribution is -2.34. The minimum atomic E-state index is -0.0479. The number of hydrogen-bond donors (Lipinski definition) is 0. The molecule has 0 saturated heterocycles. The van der Waals surface area contributed by atoms with Crippen LogP contribution in [0.15, 0.2) is 53.1 Å². The van der Waals surface area contributed by atoms with Gasteiger partial charge in [0.15, 0.2) is 0 Å². The molecule has 0 radical (unpaired) electrons. The number of fused-ring (bicyclic) bond motifs is 1. The first-order valence-corrected chi connectivity index (χ1v) is 8.48. The minimum Gasteiger partial charge on any atom is -0.398 e. The van der Waals surface area contributed by atoms with Crippen LogP contribution in [0.2, 0.25) is 0 Å². The molecule has 1 amide bonds. The molecule has 1 aromatic heterocycles. The lowest BCUT2D eigenvalue weighted by Gasteiger charge is -2.15. The van der Waals surface area contributed by atoms with Crippen molar-refractivity contribution in [2.24, 2.45) is 0 Å². The Kier molecular flexibility index (Phi) is 4.70. The fraction of sp³-hybridized carbons (Fsp3) is 0.238. The van der Waals surface area contributed by atoms with Gasteiger partial charge in [0, 0.05) is 24.9 Å². The van der Waals surface area contributed by atoms with Crippen molar-refractivity contribution < 1.29 is 13.8 Å². The van der Waals surface area contributed by atoms with Crippen LogP contribution in [0, 0.1) is 13.8 Å². The van der Waals surface area contributed by atoms with Gasteiger partial charge < -0.3 is 4.42 Å². The zero-order valence-electron chi connectivity index (χ0n) is 15.1. The summed E-state index contributed by atoms with van der Waals surface area (Å²) >= 11 is 0. The topological polar surface area (TPSA) is 37.3 Å². The van der Waals surface area contributed by atoms with Gasteiger partial charge in [-0.25, -0.2) is 0 Å². The molecule has 0 fully saturated rings. The molecule has 0 N–H and O–H groups in total. The van der Waals surface area contributed by atoms with Crippen LogP contribution in [0.3, 0.4) is 0 Å². The van der Waals surface area contributed by atoms with E-state index in [0.717, 1.165) is 29.2 Å². The smallest absolute Gasteiger partial charge is 0.375 e. The molecule has 0 saturated carbocycles. The van der Waals surface area contributed by atoms with Gasteiger partial charge in [-0.1, -0.05) is 18.2 Å². The number of carbonyl (C=O) groups is 1. The van der Waals surface area contributed by atoms with Crippen LogP contribution in [0.25, 0.3) is 17.2 Å². The molecule has 25 heavy (non-hydrogen) atoms. The normalized spacial score (nSPS) is 11.4. The molecule has 4 nitrogen and oxygen atoms in total. The van der Waals surface area contributed by atoms with Crippen LogP contribution in [0.1, 0.15) is 30.9 Å². The highest BCUT2D eigenvalue weighted by atomic mass is 16.4. The van der Waals surface area contributed by atoms with Crippen LogP contribution < -0.4 is 9.47 Å². The van der Waals surface area contributed by atoms with Crippen LogP contribution >= 0.6 is 0 Å². The van der Waals surface area contributed by atoms with Crippen molar-refractivity contribution >= 4 is 28.8 Å². The number of para-hydroxylation sites is 1. The highest BCUT2D eigenvalue weighted by Crippen LogP contribution is 2.21. The van der Waals surface area contributed by atoms with Crippen LogP contribution in [0.5, 0.6) is 0 Å². The van der Waals surface area contributed by atoms with Crippen molar-refractivity contribution in [3.8, 4) is 0 Å². The Labute approximate surface area is 148 Å². The molecule has 4 heteroatoms. The molecule has 128 valence electrons. The van der Waals surface area contributed by atoms with Crippen molar-refractivity contribution in [3.63, 3.8) is 0 Å². The monoisotopic (exact) mass is 335 g/mol. The Morgan fingerprint density at radius 1 is 1.16 bits per heavy atom. The van der Waals surface area contributed by atoms with Gasteiger partial charge in [-0.2, -0.15) is 4.57 Å². The second-order valence-electron chi connectivity index (χ2n) is 6.13. The maximum Gasteiger partial charge on any atom is 0.375 e. The Morgan fingerprint density at radius 3 is 2.48 bits per heavy atom. The molecule has 0 aliphatic heterocycles. The average Bonchev–Trinajstić information content (AvgIpc) is 2.92. The molecule has 0 aliphatic rings. The third kappa shape index (κ3) is 3.33. The summed E-state index contributed by atoms with van der Waals surface area (Å²) in [5, 5.41) is 0. The first kappa shape index (κ1) is 17.0. The van der Waals surface area contributed by atoms with Gasteiger partial charge in [0.25, 0.3) is 5.52 Å². The van der Waals surface area contributed by atoms with E-state index >= 15 is 0 Å². The van der Waals surface area contributed by atoms with E-state index in [1.54, 1.807) is 18.0 Å². The number of aryl methyl sites for hydroxylation is 3. The fourth-order valence-corrected chi connectivity index (χ4v) is 2.90. The van der Waals surface area contributed by atoms with Crippen molar-refractivity contribution in [1.29, 1.82) is 0 Å². The summed E-state index contributed by atoms with van der Waals surface area (Å²) < 4.78 is 8.14. The quantitative estimate of drug-likeness (QED) is 0.664. The average molecular weight is 335 g/mol. The molecule has 0 spiro atoms. The number of oxazole rings is 1. The summed E-state index contributed by atoms with van der Waals surface area (Å²) in [6.07, 6.45) is 3.61. The van der Waals surface area contributed by atoms with E-state index in [1.165, 1.54) is 11.1 Å². The maximum absolute atomic E-state index is 12.0. The van der Waals surface area contributed by atoms with E-state index in [2.05, 4.69) is 37.5 Å². The van der Waals surface area contributed by atoms with Gasteiger partial charge in [-0.15, -0.1) is 0 Å². The number of hydrogen-bond acceptors (Lipinski definition) is 2. The molecule has 0 bridgehead atoms. The largest absolute Gasteiger partial charge is 0.398 e. The van der Waals surface area contributed by atoms with E-state index in [-0.39, 0.29) is 5.91 Å². The predicted molar refractivity (Wildman–Crippen MR) is 100 cm³/mol. The van der Waals surface area contributed by atoms with Crippen molar-refractivity contribution in [2.75, 3.05) is 4.90 Å². The lowest BCUT2D eigenvalue weighted by molar-refractivity contribution is -0.674. The summed E-state index contributed by atoms with van der Waals surface area (Å²) in [7, 11) is 0. The summed E-state index contributed by atoms with van der Waals surface area (Å²) in [5.74, 6) is 0.679. The molecule has 3 aromatic rings. The second-order valence-corrected chi connectivity index (χ2v) is 6.13. The van der Waals surface area contributed by atoms with E-state index < -0.39 is 0 Å². The Bertz CT molecular complexity index is 939. The van der Waals surface area contributed by atoms with Crippen LogP contribution in [-0.4, -0.2) is 5.91 Å². The minimum absolute atomic E-state index is 0.0479. The van der Waals surface area contributed by atoms with E-state index in [0.29, 0.717) is 0 Å². The summed E-state index contributed by atoms with van der Waals surface area (Å²) in [5.41, 5.74) is 5.20. The van der Waals surface area contributed by atoms with E-state index in [4.69, 9.17) is 4.42 Å². The SMILES string of the molecule is CC[n+]1c(C=CN(C(C)=O)c2ccccc2)oc2cc(C)c(C)cc21. The highest BCUT2D eigenvalue weighted by molar-refractivity contribution is 5.94. The van der Waals surface area contributed by atoms with Gasteiger partial charge in [-0.05, 0) is 50.1 Å². The Morgan fingerprint density at radius 2 is 1.84 bits per heavy atom. The molecule has 0 aliphatic carbocycles. The van der Waals surface area contributed by atoms with Crippen molar-refractivity contribution in [1.82, 2.24) is 0 Å². The summed E-state index contributed by atoms with van der Waals surface area (Å²) in [4.78, 5) is 13.6. The third-order valence-electron chi connectivity index (χ3n) is 4.40. The fourth-order valence-electron chi connectivity index (χ4n) is 2.90. The van der Waals surface area contributed by atoms with Gasteiger partial charge in [-0.3, -0.25) is 9.69 Å². The summed E-state index contributed by atoms with van der Waals surface area (Å²) in [6, 6.07) is 13.8. The van der Waals surface area contributed by atoms with Crippen molar-refractivity contribution in [3.05, 3.63) is 65.7 Å². The van der Waals surface area contributed by atoms with Gasteiger partial charge >= 0.3 is 5.89 Å². The number of carbonyl (C=O) groups excluding carboxylic acids is 1. The molecule has 2 aromatic carbocycles. The number of benzene rings is 2. The van der Waals surface area contributed by atoms with Gasteiger partial charge in [0.05, 0.1) is 6.08 Å². The number of amides is 1. The third-order valence-corrected chi connectivity index (χ3v) is 4.40. The van der Waals surface area contributed by atoms with E-state index in [9.17, 15) is 4.79 Å². The zero-order valence-corrected chi connectivity index (χ0v) is 15.1. The number of rotatable bonds is 4. The van der Waals surface area contributed by atoms with Gasteiger partial charge in [0.2, 0.25) is 11.5 Å². The van der Waals surface area contributed by atoms with Crippen LogP contribution in [0.4, 0.5) is 5.69 Å². The highest BCUT2D eigenvalue weighted by Gasteiger charge is 2.20. The number of aromatic nitrogens is 1. The Hall–Kier alpha value is -2.88. The number of anilines is 1. The molecule has 0 atom stereocenters. The molecule has 0 unspecified atom stereocenters. The van der Waals surface area contributed by atoms with E-state index in [1.807, 2.05) is 36.4 Å². The molecular weight excluding hydrogens is 312 g/mol. The second kappa shape index (κ2) is 6.93. The van der Waals surface area contributed by atoms with Gasteiger partial charge in [0.1, 0.15) is 6.54 Å². The predicted octanol–water partition coefficient (Wildman–Crippen LogP) is 4.38. The first-order valence-electron chi connectivity index (χ1n) is 8.48. The standard InChI is InChI=1S/C21H23N2O2/c1-5-22-19-13-15(2)16(3)14-20(19)25-21(22)11-12-23(17(4)24)18-9-7-6-8-10-18/h6-14H,5H2,1-4H3/q+1. The Balaban J connectivity index is 2.04. The number of nitrogens with zero attached hydrogens (tertiary/aromatic N) is 2. The van der Waals surface area contributed by atoms with Crippen molar-refractivity contribution in [2.45, 2.75) is 34.2 Å². The zero-order chi connectivity index (χ0) is 18.0. The first-order chi connectivity index (χ1) is 12.0. The summed E-state index contributed by atoms with van der Waals surface area (Å²) in [6.45, 7) is 8.61. The lowest BCUT2D eigenvalue weighted by atomic mass is 10.1. The maximum atomic E-state index is 12.0. The molecule has 1 heterocycles. The molecular formula is C21H23N2O2+.